The molecule has 0 fully saturated rings. The normalized spacial score (nSPS) is 15.5. The smallest absolute Gasteiger partial charge is 0.256 e. The van der Waals surface area contributed by atoms with Gasteiger partial charge in [-0.25, -0.2) is 8.42 Å². The van der Waals surface area contributed by atoms with Crippen LogP contribution in [0, 0.1) is 18.3 Å². The Bertz CT molecular complexity index is 1240. The summed E-state index contributed by atoms with van der Waals surface area (Å²) in [6.07, 6.45) is 0. The molecule has 3 N–H and O–H groups in total. The number of aromatic nitrogens is 2. The maximum absolute atomic E-state index is 13.0. The topological polar surface area (TPSA) is 128 Å². The van der Waals surface area contributed by atoms with Crippen LogP contribution in [0.2, 0.25) is 0 Å². The Labute approximate surface area is 167 Å². The highest BCUT2D eigenvalue weighted by atomic mass is 32.2. The van der Waals surface area contributed by atoms with E-state index in [1.807, 2.05) is 19.1 Å². The maximum atomic E-state index is 13.0. The number of aryl methyl sites for hydroxylation is 1. The summed E-state index contributed by atoms with van der Waals surface area (Å²) in [7, 11) is -3.68. The van der Waals surface area contributed by atoms with Gasteiger partial charge in [0, 0.05) is 17.7 Å². The van der Waals surface area contributed by atoms with E-state index in [1.54, 1.807) is 42.5 Å². The van der Waals surface area contributed by atoms with Gasteiger partial charge in [0.15, 0.2) is 21.0 Å². The van der Waals surface area contributed by atoms with Crippen molar-refractivity contribution in [3.05, 3.63) is 76.5 Å². The average Bonchev–Trinajstić information content (AvgIpc) is 3.31. The number of rotatable bonds is 4. The maximum Gasteiger partial charge on any atom is 0.256 e. The first-order chi connectivity index (χ1) is 13.9. The zero-order valence-corrected chi connectivity index (χ0v) is 16.2. The molecule has 2 heterocycles. The molecule has 0 spiro atoms. The number of hydrogen-bond acceptors (Lipinski definition) is 6. The predicted molar refractivity (Wildman–Crippen MR) is 106 cm³/mol. The molecule has 1 aliphatic heterocycles. The van der Waals surface area contributed by atoms with E-state index < -0.39 is 21.1 Å². The molecule has 1 aliphatic rings. The Hall–Kier alpha value is -3.48. The fourth-order valence-corrected chi connectivity index (χ4v) is 4.94. The van der Waals surface area contributed by atoms with E-state index in [1.165, 1.54) is 0 Å². The number of benzene rings is 2. The van der Waals surface area contributed by atoms with Crippen molar-refractivity contribution < 1.29 is 13.2 Å². The van der Waals surface area contributed by atoms with Gasteiger partial charge in [0.2, 0.25) is 0 Å². The molecule has 0 bridgehead atoms. The van der Waals surface area contributed by atoms with Crippen molar-refractivity contribution in [3.63, 3.8) is 0 Å². The van der Waals surface area contributed by atoms with Gasteiger partial charge in [0.25, 0.3) is 5.91 Å². The van der Waals surface area contributed by atoms with Crippen LogP contribution in [0.5, 0.6) is 0 Å². The Morgan fingerprint density at radius 2 is 2.00 bits per heavy atom. The third-order valence-corrected chi connectivity index (χ3v) is 6.70. The molecule has 29 heavy (non-hydrogen) atoms. The summed E-state index contributed by atoms with van der Waals surface area (Å²) in [6.45, 7) is 2.09. The van der Waals surface area contributed by atoms with Crippen LogP contribution >= 0.6 is 0 Å². The van der Waals surface area contributed by atoms with Gasteiger partial charge in [-0.2, -0.15) is 10.4 Å². The molecule has 0 aliphatic carbocycles. The van der Waals surface area contributed by atoms with E-state index in [-0.39, 0.29) is 17.3 Å². The number of carbonyl (C=O) groups excluding carboxylic acids is 1. The van der Waals surface area contributed by atoms with Crippen LogP contribution in [0.25, 0.3) is 0 Å². The molecular weight excluding hydrogens is 390 g/mol. The number of fused-ring (bicyclic) bond motifs is 1. The molecule has 1 aromatic heterocycles. The molecule has 0 saturated carbocycles. The number of anilines is 1. The summed E-state index contributed by atoms with van der Waals surface area (Å²) >= 11 is 0. The van der Waals surface area contributed by atoms with E-state index in [9.17, 15) is 13.2 Å². The molecule has 0 saturated heterocycles. The lowest BCUT2D eigenvalue weighted by Gasteiger charge is -2.12. The van der Waals surface area contributed by atoms with Gasteiger partial charge < -0.3 is 5.32 Å². The number of aromatic amines is 1. The standard InChI is InChI=1S/C20H17N5O3S/c1-12-3-2-4-15(9-12)29(27,28)20-17-16(11-22-20)18(25-24-17)23-19(26)14-7-5-13(10-21)6-8-14/h2-9,20,22H,11H2,1H3,(H2,23,24,25,26). The minimum atomic E-state index is -3.68. The second-order valence-corrected chi connectivity index (χ2v) is 8.76. The van der Waals surface area contributed by atoms with Crippen molar-refractivity contribution in [2.45, 2.75) is 23.7 Å². The highest BCUT2D eigenvalue weighted by molar-refractivity contribution is 7.91. The molecule has 9 heteroatoms. The third kappa shape index (κ3) is 3.40. The van der Waals surface area contributed by atoms with Crippen LogP contribution in [0.1, 0.15) is 38.1 Å². The first kappa shape index (κ1) is 18.9. The second-order valence-electron chi connectivity index (χ2n) is 6.73. The number of carbonyl (C=O) groups is 1. The Kier molecular flexibility index (Phi) is 4.66. The van der Waals surface area contributed by atoms with E-state index in [0.29, 0.717) is 22.4 Å². The number of H-pyrrole nitrogens is 1. The van der Waals surface area contributed by atoms with E-state index in [2.05, 4.69) is 20.8 Å². The number of sulfone groups is 1. The average molecular weight is 407 g/mol. The number of nitrogens with one attached hydrogen (secondary N) is 3. The molecule has 8 nitrogen and oxygen atoms in total. The van der Waals surface area contributed by atoms with Gasteiger partial charge in [-0.05, 0) is 48.9 Å². The third-order valence-electron chi connectivity index (χ3n) is 4.76. The first-order valence-electron chi connectivity index (χ1n) is 8.83. The van der Waals surface area contributed by atoms with Crippen molar-refractivity contribution in [2.24, 2.45) is 0 Å². The minimum Gasteiger partial charge on any atom is -0.305 e. The minimum absolute atomic E-state index is 0.223. The van der Waals surface area contributed by atoms with Crippen molar-refractivity contribution in [3.8, 4) is 6.07 Å². The van der Waals surface area contributed by atoms with Crippen molar-refractivity contribution in [1.29, 1.82) is 5.26 Å². The molecule has 3 aromatic rings. The van der Waals surface area contributed by atoms with Crippen LogP contribution in [-0.2, 0) is 16.4 Å². The molecule has 1 amide bonds. The van der Waals surface area contributed by atoms with Crippen LogP contribution in [0.15, 0.2) is 53.4 Å². The van der Waals surface area contributed by atoms with E-state index >= 15 is 0 Å². The monoisotopic (exact) mass is 407 g/mol. The van der Waals surface area contributed by atoms with Crippen molar-refractivity contribution in [1.82, 2.24) is 15.5 Å². The quantitative estimate of drug-likeness (QED) is 0.609. The Balaban J connectivity index is 1.59. The van der Waals surface area contributed by atoms with Crippen LogP contribution in [-0.4, -0.2) is 24.5 Å². The zero-order valence-electron chi connectivity index (χ0n) is 15.4. The molecule has 1 unspecified atom stereocenters. The summed E-state index contributed by atoms with van der Waals surface area (Å²) in [5.41, 5.74) is 2.70. The van der Waals surface area contributed by atoms with E-state index in [0.717, 1.165) is 5.56 Å². The van der Waals surface area contributed by atoms with E-state index in [4.69, 9.17) is 5.26 Å². The van der Waals surface area contributed by atoms with Crippen molar-refractivity contribution in [2.75, 3.05) is 5.32 Å². The zero-order chi connectivity index (χ0) is 20.6. The van der Waals surface area contributed by atoms with Crippen molar-refractivity contribution >= 4 is 21.6 Å². The Morgan fingerprint density at radius 1 is 1.24 bits per heavy atom. The van der Waals surface area contributed by atoms with Gasteiger partial charge in [0.05, 0.1) is 22.2 Å². The second kappa shape index (κ2) is 7.16. The lowest BCUT2D eigenvalue weighted by atomic mass is 10.1. The fourth-order valence-electron chi connectivity index (χ4n) is 3.24. The molecule has 2 aromatic carbocycles. The van der Waals surface area contributed by atoms with Gasteiger partial charge in [-0.3, -0.25) is 15.2 Å². The highest BCUT2D eigenvalue weighted by Gasteiger charge is 2.38. The molecule has 0 radical (unpaired) electrons. The SMILES string of the molecule is Cc1cccc(S(=O)(=O)C2NCc3c(NC(=O)c4ccc(C#N)cc4)n[nH]c32)c1. The number of amides is 1. The van der Waals surface area contributed by atoms with Crippen LogP contribution in [0.3, 0.4) is 0 Å². The number of hydrogen-bond donors (Lipinski definition) is 3. The fraction of sp³-hybridized carbons (Fsp3) is 0.150. The molecule has 4 rings (SSSR count). The lowest BCUT2D eigenvalue weighted by molar-refractivity contribution is 0.102. The largest absolute Gasteiger partial charge is 0.305 e. The van der Waals surface area contributed by atoms with Gasteiger partial charge >= 0.3 is 0 Å². The predicted octanol–water partition coefficient (Wildman–Crippen LogP) is 2.42. The summed E-state index contributed by atoms with van der Waals surface area (Å²) in [6, 6.07) is 14.9. The first-order valence-corrected chi connectivity index (χ1v) is 10.4. The summed E-state index contributed by atoms with van der Waals surface area (Å²) in [4.78, 5) is 12.7. The van der Waals surface area contributed by atoms with Gasteiger partial charge in [-0.1, -0.05) is 12.1 Å². The van der Waals surface area contributed by atoms with Gasteiger partial charge in [0.1, 0.15) is 0 Å². The van der Waals surface area contributed by atoms with Gasteiger partial charge in [-0.15, -0.1) is 0 Å². The summed E-state index contributed by atoms with van der Waals surface area (Å²) in [5.74, 6) is -0.113. The molecule has 146 valence electrons. The Morgan fingerprint density at radius 3 is 2.69 bits per heavy atom. The molecular formula is C20H17N5O3S. The molecule has 1 atom stereocenters. The van der Waals surface area contributed by atoms with Crippen LogP contribution < -0.4 is 10.6 Å². The van der Waals surface area contributed by atoms with Crippen LogP contribution in [0.4, 0.5) is 5.82 Å². The highest BCUT2D eigenvalue weighted by Crippen LogP contribution is 2.35. The number of nitriles is 1. The number of nitrogens with zero attached hydrogens (tertiary/aromatic N) is 2. The lowest BCUT2D eigenvalue weighted by Crippen LogP contribution is -2.23. The summed E-state index contributed by atoms with van der Waals surface area (Å²) < 4.78 is 26.1. The summed E-state index contributed by atoms with van der Waals surface area (Å²) in [5, 5.41) is 20.4.